The molecule has 4 atom stereocenters. The molecule has 1 N–H and O–H groups in total. The highest BCUT2D eigenvalue weighted by atomic mass is 35.5. The second kappa shape index (κ2) is 10.5. The zero-order valence-corrected chi connectivity index (χ0v) is 24.3. The van der Waals surface area contributed by atoms with Gasteiger partial charge in [-0.3, -0.25) is 14.4 Å². The number of halogens is 1. The van der Waals surface area contributed by atoms with Crippen LogP contribution >= 0.6 is 11.6 Å². The first-order valence-corrected chi connectivity index (χ1v) is 14.9. The number of ketones is 2. The molecule has 1 fully saturated rings. The van der Waals surface area contributed by atoms with Crippen LogP contribution in [0.5, 0.6) is 5.75 Å². The van der Waals surface area contributed by atoms with E-state index in [2.05, 4.69) is 5.32 Å². The Hall–Kier alpha value is -4.68. The Morgan fingerprint density at radius 2 is 1.58 bits per heavy atom. The van der Waals surface area contributed by atoms with Crippen LogP contribution in [0.4, 0.5) is 5.69 Å². The van der Waals surface area contributed by atoms with E-state index in [1.54, 1.807) is 42.5 Å². The molecule has 0 aromatic heterocycles. The molecule has 3 heterocycles. The lowest BCUT2D eigenvalue weighted by Crippen LogP contribution is -2.49. The zero-order valence-electron chi connectivity index (χ0n) is 23.5. The molecular weight excluding hydrogens is 560 g/mol. The maximum absolute atomic E-state index is 14.9. The number of nitrogens with one attached hydrogen (secondary N) is 1. The highest BCUT2D eigenvalue weighted by Crippen LogP contribution is 2.62. The van der Waals surface area contributed by atoms with Crippen LogP contribution in [-0.2, 0) is 10.2 Å². The summed E-state index contributed by atoms with van der Waals surface area (Å²) in [4.78, 5) is 46.4. The summed E-state index contributed by atoms with van der Waals surface area (Å²) in [5.74, 6) is -1.62. The van der Waals surface area contributed by atoms with Crippen molar-refractivity contribution in [1.29, 1.82) is 0 Å². The molecule has 3 aliphatic rings. The molecule has 6 nitrogen and oxygen atoms in total. The number of para-hydroxylation sites is 2. The Labute approximate surface area is 254 Å². The normalized spacial score (nSPS) is 23.0. The molecule has 214 valence electrons. The minimum absolute atomic E-state index is 0.271. The number of Topliss-reactive ketones (excluding diaryl/α,β-unsaturated/α-hetero) is 2. The van der Waals surface area contributed by atoms with Crippen molar-refractivity contribution in [3.63, 3.8) is 0 Å². The monoisotopic (exact) mass is 588 g/mol. The molecule has 4 aromatic carbocycles. The minimum Gasteiger partial charge on any atom is -0.493 e. The Kier molecular flexibility index (Phi) is 6.66. The number of ether oxygens (including phenoxy) is 1. The summed E-state index contributed by atoms with van der Waals surface area (Å²) in [6.07, 6.45) is 4.58. The third kappa shape index (κ3) is 3.97. The van der Waals surface area contributed by atoms with Crippen molar-refractivity contribution in [2.24, 2.45) is 5.92 Å². The van der Waals surface area contributed by atoms with Gasteiger partial charge < -0.3 is 15.0 Å². The highest BCUT2D eigenvalue weighted by Gasteiger charge is 2.71. The number of benzene rings is 4. The largest absolute Gasteiger partial charge is 0.493 e. The first kappa shape index (κ1) is 27.2. The SMILES string of the molecule is CCCOc1ccccc1C(=O)[C@@H]1[C@H](C(=O)c2ccccc2Cl)[C@@]2(C(=O)Nc3ccccc32)[C@@H]2c3ccccc3C=CN12. The zero-order chi connectivity index (χ0) is 29.7. The molecule has 1 amide bonds. The second-order valence-electron chi connectivity index (χ2n) is 11.1. The molecule has 1 spiro atoms. The second-order valence-corrected chi connectivity index (χ2v) is 11.5. The predicted octanol–water partition coefficient (Wildman–Crippen LogP) is 7.11. The minimum atomic E-state index is -1.42. The molecule has 4 aromatic rings. The van der Waals surface area contributed by atoms with E-state index in [-0.39, 0.29) is 28.1 Å². The molecule has 43 heavy (non-hydrogen) atoms. The van der Waals surface area contributed by atoms with E-state index in [0.717, 1.165) is 17.5 Å². The smallest absolute Gasteiger partial charge is 0.238 e. The quantitative estimate of drug-likeness (QED) is 0.233. The Morgan fingerprint density at radius 1 is 0.884 bits per heavy atom. The lowest BCUT2D eigenvalue weighted by Gasteiger charge is -2.38. The molecule has 0 saturated carbocycles. The number of anilines is 1. The van der Waals surface area contributed by atoms with E-state index in [0.29, 0.717) is 29.2 Å². The van der Waals surface area contributed by atoms with Crippen molar-refractivity contribution in [2.45, 2.75) is 30.8 Å². The van der Waals surface area contributed by atoms with Crippen LogP contribution < -0.4 is 10.1 Å². The summed E-state index contributed by atoms with van der Waals surface area (Å²) in [5, 5.41) is 3.34. The van der Waals surface area contributed by atoms with Crippen LogP contribution in [-0.4, -0.2) is 35.0 Å². The topological polar surface area (TPSA) is 75.7 Å². The first-order valence-electron chi connectivity index (χ1n) is 14.5. The van der Waals surface area contributed by atoms with Crippen molar-refractivity contribution in [2.75, 3.05) is 11.9 Å². The summed E-state index contributed by atoms with van der Waals surface area (Å²) in [6.45, 7) is 2.44. The van der Waals surface area contributed by atoms with Gasteiger partial charge in [0.1, 0.15) is 17.2 Å². The molecule has 0 bridgehead atoms. The van der Waals surface area contributed by atoms with Crippen molar-refractivity contribution >= 4 is 40.8 Å². The van der Waals surface area contributed by atoms with Crippen LogP contribution in [0, 0.1) is 5.92 Å². The van der Waals surface area contributed by atoms with Gasteiger partial charge in [0, 0.05) is 17.5 Å². The van der Waals surface area contributed by atoms with Crippen molar-refractivity contribution in [3.8, 4) is 5.75 Å². The van der Waals surface area contributed by atoms with Gasteiger partial charge in [-0.2, -0.15) is 0 Å². The number of hydrogen-bond acceptors (Lipinski definition) is 5. The number of carbonyl (C=O) groups excluding carboxylic acids is 3. The van der Waals surface area contributed by atoms with E-state index in [4.69, 9.17) is 16.3 Å². The Morgan fingerprint density at radius 3 is 2.40 bits per heavy atom. The molecule has 1 saturated heterocycles. The van der Waals surface area contributed by atoms with Crippen molar-refractivity contribution < 1.29 is 19.1 Å². The summed E-state index contributed by atoms with van der Waals surface area (Å²) < 4.78 is 6.01. The number of amides is 1. The fourth-order valence-electron chi connectivity index (χ4n) is 7.16. The molecule has 7 rings (SSSR count). The molecule has 0 radical (unpaired) electrons. The third-order valence-corrected chi connectivity index (χ3v) is 9.20. The van der Waals surface area contributed by atoms with Gasteiger partial charge in [0.2, 0.25) is 5.91 Å². The van der Waals surface area contributed by atoms with E-state index in [9.17, 15) is 14.4 Å². The fraction of sp³-hybridized carbons (Fsp3) is 0.194. The summed E-state index contributed by atoms with van der Waals surface area (Å²) in [6, 6.07) is 27.6. The predicted molar refractivity (Wildman–Crippen MR) is 166 cm³/mol. The maximum atomic E-state index is 14.9. The molecule has 7 heteroatoms. The molecule has 0 unspecified atom stereocenters. The van der Waals surface area contributed by atoms with Gasteiger partial charge in [0.25, 0.3) is 0 Å². The third-order valence-electron chi connectivity index (χ3n) is 8.88. The van der Waals surface area contributed by atoms with E-state index >= 15 is 0 Å². The average Bonchev–Trinajstić information content (AvgIpc) is 3.52. The van der Waals surface area contributed by atoms with E-state index in [1.807, 2.05) is 78.7 Å². The highest BCUT2D eigenvalue weighted by molar-refractivity contribution is 6.34. The Balaban J connectivity index is 1.53. The number of fused-ring (bicyclic) bond motifs is 6. The number of nitrogens with zero attached hydrogens (tertiary/aromatic N) is 1. The number of rotatable bonds is 7. The van der Waals surface area contributed by atoms with E-state index in [1.165, 1.54) is 0 Å². The maximum Gasteiger partial charge on any atom is 0.238 e. The van der Waals surface area contributed by atoms with Gasteiger partial charge in [0.05, 0.1) is 29.2 Å². The van der Waals surface area contributed by atoms with Crippen LogP contribution in [0.3, 0.4) is 0 Å². The van der Waals surface area contributed by atoms with Gasteiger partial charge in [-0.15, -0.1) is 0 Å². The number of hydrogen-bond donors (Lipinski definition) is 1. The van der Waals surface area contributed by atoms with Crippen LogP contribution in [0.2, 0.25) is 5.02 Å². The van der Waals surface area contributed by atoms with Crippen LogP contribution in [0.25, 0.3) is 6.08 Å². The van der Waals surface area contributed by atoms with Crippen molar-refractivity contribution in [3.05, 3.63) is 136 Å². The molecular formula is C36H29ClN2O4. The van der Waals surface area contributed by atoms with E-state index < -0.39 is 23.4 Å². The van der Waals surface area contributed by atoms with Gasteiger partial charge in [0.15, 0.2) is 11.6 Å². The molecule has 0 aliphatic carbocycles. The summed E-state index contributed by atoms with van der Waals surface area (Å²) in [7, 11) is 0. The lowest BCUT2D eigenvalue weighted by molar-refractivity contribution is -0.122. The van der Waals surface area contributed by atoms with Gasteiger partial charge in [-0.05, 0) is 59.5 Å². The fourth-order valence-corrected chi connectivity index (χ4v) is 7.39. The summed E-state index contributed by atoms with van der Waals surface area (Å²) >= 11 is 6.64. The standard InChI is InChI=1S/C36H29ClN2O4/c1-2-21-43-29-18-10-6-14-25(29)33(41)31-30(32(40)24-13-5-8-16-27(24)37)36(26-15-7-9-17-28(26)38-35(36)42)34-23-12-4-3-11-22(23)19-20-39(31)34/h3-20,30-31,34H,2,21H2,1H3,(H,38,42)/t30-,31+,34+,36-/m1/s1. The molecule has 3 aliphatic heterocycles. The number of carbonyl (C=O) groups is 3. The van der Waals surface area contributed by atoms with Crippen molar-refractivity contribution in [1.82, 2.24) is 4.90 Å². The van der Waals surface area contributed by atoms with Gasteiger partial charge in [-0.25, -0.2) is 0 Å². The van der Waals surface area contributed by atoms with Gasteiger partial charge in [-0.1, -0.05) is 85.3 Å². The Bertz CT molecular complexity index is 1820. The average molecular weight is 589 g/mol. The summed E-state index contributed by atoms with van der Waals surface area (Å²) in [5.41, 5.74) is 2.35. The van der Waals surface area contributed by atoms with Crippen LogP contribution in [0.15, 0.2) is 103 Å². The first-order chi connectivity index (χ1) is 21.0. The van der Waals surface area contributed by atoms with Gasteiger partial charge >= 0.3 is 0 Å². The van der Waals surface area contributed by atoms with Crippen LogP contribution in [0.1, 0.15) is 56.8 Å². The lowest BCUT2D eigenvalue weighted by atomic mass is 9.62.